The van der Waals surface area contributed by atoms with E-state index >= 15 is 0 Å². The molecule has 0 aliphatic rings. The van der Waals surface area contributed by atoms with Crippen molar-refractivity contribution in [2.24, 2.45) is 0 Å². The summed E-state index contributed by atoms with van der Waals surface area (Å²) in [4.78, 5) is 11.3. The fraction of sp³-hybridized carbons (Fsp3) is 0.471. The number of hydrogen-bond acceptors (Lipinski definition) is 1. The molecule has 1 heterocycles. The van der Waals surface area contributed by atoms with Crippen molar-refractivity contribution in [1.29, 1.82) is 0 Å². The third kappa shape index (κ3) is 2.72. The molecule has 1 N–H and O–H groups in total. The van der Waals surface area contributed by atoms with E-state index in [9.17, 15) is 9.90 Å². The van der Waals surface area contributed by atoms with Gasteiger partial charge in [-0.1, -0.05) is 20.3 Å². The Labute approximate surface area is 120 Å². The topological polar surface area (TPSA) is 42.2 Å². The van der Waals surface area contributed by atoms with Gasteiger partial charge in [0, 0.05) is 23.6 Å². The van der Waals surface area contributed by atoms with Gasteiger partial charge in [0.05, 0.1) is 5.56 Å². The molecular weight excluding hydrogens is 250 g/mol. The smallest absolute Gasteiger partial charge is 0.336 e. The van der Waals surface area contributed by atoms with E-state index in [0.29, 0.717) is 5.56 Å². The van der Waals surface area contributed by atoms with Gasteiger partial charge in [0.25, 0.3) is 0 Å². The molecule has 0 aliphatic heterocycles. The highest BCUT2D eigenvalue weighted by atomic mass is 16.4. The third-order valence-corrected chi connectivity index (χ3v) is 3.80. The molecule has 0 saturated heterocycles. The lowest BCUT2D eigenvalue weighted by molar-refractivity contribution is 0.0696. The van der Waals surface area contributed by atoms with Gasteiger partial charge < -0.3 is 9.67 Å². The number of aromatic carboxylic acids is 1. The first-order valence-corrected chi connectivity index (χ1v) is 7.44. The molecule has 0 amide bonds. The number of nitrogens with zero attached hydrogens (tertiary/aromatic N) is 1. The van der Waals surface area contributed by atoms with Gasteiger partial charge in [-0.2, -0.15) is 0 Å². The monoisotopic (exact) mass is 273 g/mol. The van der Waals surface area contributed by atoms with Crippen LogP contribution in [-0.2, 0) is 13.0 Å². The van der Waals surface area contributed by atoms with Crippen molar-refractivity contribution < 1.29 is 9.90 Å². The van der Waals surface area contributed by atoms with Gasteiger partial charge in [0.2, 0.25) is 0 Å². The maximum Gasteiger partial charge on any atom is 0.336 e. The summed E-state index contributed by atoms with van der Waals surface area (Å²) in [6, 6.07) is 3.87. The van der Waals surface area contributed by atoms with Crippen LogP contribution in [0.5, 0.6) is 0 Å². The first-order chi connectivity index (χ1) is 9.58. The van der Waals surface area contributed by atoms with E-state index in [4.69, 9.17) is 0 Å². The minimum Gasteiger partial charge on any atom is -0.478 e. The van der Waals surface area contributed by atoms with Crippen LogP contribution in [0.2, 0.25) is 0 Å². The summed E-state index contributed by atoms with van der Waals surface area (Å²) >= 11 is 0. The zero-order valence-electron chi connectivity index (χ0n) is 12.6. The van der Waals surface area contributed by atoms with Gasteiger partial charge in [0.1, 0.15) is 0 Å². The van der Waals surface area contributed by atoms with Crippen molar-refractivity contribution in [2.75, 3.05) is 0 Å². The number of unbranched alkanes of at least 4 members (excludes halogenated alkanes) is 1. The molecule has 2 aromatic rings. The Balaban J connectivity index is 2.59. The van der Waals surface area contributed by atoms with Gasteiger partial charge in [-0.25, -0.2) is 4.79 Å². The Kier molecular flexibility index (Phi) is 4.48. The highest BCUT2D eigenvalue weighted by molar-refractivity contribution is 5.96. The second-order valence-electron chi connectivity index (χ2n) is 5.44. The Bertz CT molecular complexity index is 625. The molecule has 0 fully saturated rings. The van der Waals surface area contributed by atoms with Crippen LogP contribution < -0.4 is 0 Å². The Morgan fingerprint density at radius 3 is 2.60 bits per heavy atom. The van der Waals surface area contributed by atoms with Crippen molar-refractivity contribution in [2.45, 2.75) is 53.0 Å². The number of rotatable bonds is 6. The Morgan fingerprint density at radius 1 is 1.25 bits per heavy atom. The molecule has 20 heavy (non-hydrogen) atoms. The van der Waals surface area contributed by atoms with E-state index in [2.05, 4.69) is 24.6 Å². The molecule has 3 heteroatoms. The molecule has 0 saturated carbocycles. The Hall–Kier alpha value is -1.77. The van der Waals surface area contributed by atoms with Crippen LogP contribution in [0.1, 0.15) is 54.6 Å². The predicted molar refractivity (Wildman–Crippen MR) is 82.5 cm³/mol. The van der Waals surface area contributed by atoms with Crippen molar-refractivity contribution in [3.8, 4) is 0 Å². The SMILES string of the molecule is CCCCc1cn(CCC)c2cc(C(=O)O)c(C)cc12. The quantitative estimate of drug-likeness (QED) is 0.847. The highest BCUT2D eigenvalue weighted by Gasteiger charge is 2.14. The largest absolute Gasteiger partial charge is 0.478 e. The maximum atomic E-state index is 11.3. The van der Waals surface area contributed by atoms with Crippen LogP contribution in [0.3, 0.4) is 0 Å². The van der Waals surface area contributed by atoms with Gasteiger partial charge in [-0.15, -0.1) is 0 Å². The normalized spacial score (nSPS) is 11.2. The van der Waals surface area contributed by atoms with Gasteiger partial charge in [-0.05, 0) is 49.4 Å². The lowest BCUT2D eigenvalue weighted by Gasteiger charge is -2.06. The average Bonchev–Trinajstić information content (AvgIpc) is 2.73. The van der Waals surface area contributed by atoms with Crippen molar-refractivity contribution in [3.05, 3.63) is 35.0 Å². The van der Waals surface area contributed by atoms with E-state index in [1.165, 1.54) is 23.8 Å². The second-order valence-corrected chi connectivity index (χ2v) is 5.44. The molecule has 1 aromatic heterocycles. The fourth-order valence-corrected chi connectivity index (χ4v) is 2.74. The number of carboxylic acids is 1. The lowest BCUT2D eigenvalue weighted by atomic mass is 10.0. The minimum absolute atomic E-state index is 0.412. The van der Waals surface area contributed by atoms with Crippen molar-refractivity contribution in [3.63, 3.8) is 0 Å². The molecule has 0 atom stereocenters. The van der Waals surface area contributed by atoms with Crippen molar-refractivity contribution in [1.82, 2.24) is 4.57 Å². The average molecular weight is 273 g/mol. The van der Waals surface area contributed by atoms with Crippen LogP contribution in [0.25, 0.3) is 10.9 Å². The number of benzene rings is 1. The lowest BCUT2D eigenvalue weighted by Crippen LogP contribution is -2.01. The van der Waals surface area contributed by atoms with Crippen LogP contribution in [0.15, 0.2) is 18.3 Å². The summed E-state index contributed by atoms with van der Waals surface area (Å²) in [6.45, 7) is 7.15. The van der Waals surface area contributed by atoms with E-state index in [1.807, 2.05) is 19.1 Å². The summed E-state index contributed by atoms with van der Waals surface area (Å²) in [5.41, 5.74) is 3.66. The zero-order valence-corrected chi connectivity index (χ0v) is 12.6. The first kappa shape index (κ1) is 14.6. The van der Waals surface area contributed by atoms with Gasteiger partial charge in [0.15, 0.2) is 0 Å². The molecule has 3 nitrogen and oxygen atoms in total. The number of carboxylic acid groups (broad SMARTS) is 1. The summed E-state index contributed by atoms with van der Waals surface area (Å²) in [5.74, 6) is -0.844. The van der Waals surface area contributed by atoms with Crippen LogP contribution in [0, 0.1) is 6.92 Å². The molecule has 0 spiro atoms. The summed E-state index contributed by atoms with van der Waals surface area (Å²) in [7, 11) is 0. The number of carbonyl (C=O) groups is 1. The fourth-order valence-electron chi connectivity index (χ4n) is 2.74. The van der Waals surface area contributed by atoms with E-state index < -0.39 is 5.97 Å². The van der Waals surface area contributed by atoms with Crippen LogP contribution in [0.4, 0.5) is 0 Å². The molecule has 0 bridgehead atoms. The number of fused-ring (bicyclic) bond motifs is 1. The molecule has 108 valence electrons. The molecule has 0 unspecified atom stereocenters. The maximum absolute atomic E-state index is 11.3. The first-order valence-electron chi connectivity index (χ1n) is 7.44. The second kappa shape index (κ2) is 6.12. The molecule has 1 aromatic carbocycles. The third-order valence-electron chi connectivity index (χ3n) is 3.80. The molecule has 2 rings (SSSR count). The van der Waals surface area contributed by atoms with Crippen LogP contribution >= 0.6 is 0 Å². The summed E-state index contributed by atoms with van der Waals surface area (Å²) in [5, 5.41) is 10.5. The number of aryl methyl sites for hydroxylation is 3. The highest BCUT2D eigenvalue weighted by Crippen LogP contribution is 2.27. The number of aromatic nitrogens is 1. The van der Waals surface area contributed by atoms with E-state index in [1.54, 1.807) is 0 Å². The van der Waals surface area contributed by atoms with E-state index in [-0.39, 0.29) is 0 Å². The van der Waals surface area contributed by atoms with E-state index in [0.717, 1.165) is 30.5 Å². The van der Waals surface area contributed by atoms with Crippen LogP contribution in [-0.4, -0.2) is 15.6 Å². The summed E-state index contributed by atoms with van der Waals surface area (Å²) < 4.78 is 2.20. The Morgan fingerprint density at radius 2 is 2.00 bits per heavy atom. The van der Waals surface area contributed by atoms with Gasteiger partial charge in [-0.3, -0.25) is 0 Å². The zero-order chi connectivity index (χ0) is 14.7. The summed E-state index contributed by atoms with van der Waals surface area (Å²) in [6.07, 6.45) is 6.66. The van der Waals surface area contributed by atoms with Gasteiger partial charge >= 0.3 is 5.97 Å². The molecule has 0 radical (unpaired) electrons. The molecular formula is C17H23NO2. The predicted octanol–water partition coefficient (Wildman–Crippen LogP) is 4.40. The number of hydrogen-bond donors (Lipinski definition) is 1. The van der Waals surface area contributed by atoms with Crippen molar-refractivity contribution >= 4 is 16.9 Å². The molecule has 0 aliphatic carbocycles. The minimum atomic E-state index is -0.844. The standard InChI is InChI=1S/C17H23NO2/c1-4-6-7-13-11-18(8-5-2)16-10-14(17(19)20)12(3)9-15(13)16/h9-11H,4-8H2,1-3H3,(H,19,20).